The molecule has 112 valence electrons. The molecule has 1 aromatic rings. The summed E-state index contributed by atoms with van der Waals surface area (Å²) in [7, 11) is -3.61. The molecule has 0 aliphatic rings. The second-order valence-corrected chi connectivity index (χ2v) is 7.33. The van der Waals surface area contributed by atoms with Gasteiger partial charge in [0.25, 0.3) is 0 Å². The molecule has 0 saturated heterocycles. The Labute approximate surface area is 129 Å². The van der Waals surface area contributed by atoms with Crippen molar-refractivity contribution < 1.29 is 8.42 Å². The third kappa shape index (κ3) is 5.35. The van der Waals surface area contributed by atoms with E-state index in [1.165, 1.54) is 12.3 Å². The molecule has 0 fully saturated rings. The molecule has 0 aliphatic carbocycles. The molecule has 0 atom stereocenters. The second-order valence-electron chi connectivity index (χ2n) is 4.17. The van der Waals surface area contributed by atoms with Crippen molar-refractivity contribution in [3.63, 3.8) is 0 Å². The maximum atomic E-state index is 12.2. The van der Waals surface area contributed by atoms with Gasteiger partial charge < -0.3 is 5.73 Å². The summed E-state index contributed by atoms with van der Waals surface area (Å²) in [5.41, 5.74) is 5.63. The molecule has 0 bridgehead atoms. The van der Waals surface area contributed by atoms with Crippen LogP contribution in [0, 0.1) is 0 Å². The van der Waals surface area contributed by atoms with Gasteiger partial charge in [-0.2, -0.15) is 11.8 Å². The Bertz CT molecular complexity index is 547. The predicted molar refractivity (Wildman–Crippen MR) is 87.5 cm³/mol. The number of aromatic nitrogens is 1. The van der Waals surface area contributed by atoms with Gasteiger partial charge in [-0.3, -0.25) is 4.98 Å². The molecule has 1 heterocycles. The van der Waals surface area contributed by atoms with Gasteiger partial charge in [-0.05, 0) is 37.0 Å². The van der Waals surface area contributed by atoms with E-state index in [-0.39, 0.29) is 15.6 Å². The summed E-state index contributed by atoms with van der Waals surface area (Å²) in [5.74, 6) is 1.10. The smallest absolute Gasteiger partial charge is 0.242 e. The Balaban J connectivity index is 2.63. The fraction of sp³-hybridized carbons (Fsp3) is 0.500. The minimum absolute atomic E-state index is 0.0223. The Morgan fingerprint density at radius 2 is 2.20 bits per heavy atom. The highest BCUT2D eigenvalue weighted by Gasteiger charge is 2.19. The highest BCUT2D eigenvalue weighted by atomic mass is 32.2. The zero-order valence-electron chi connectivity index (χ0n) is 11.3. The number of pyridine rings is 1. The van der Waals surface area contributed by atoms with Gasteiger partial charge >= 0.3 is 0 Å². The summed E-state index contributed by atoms with van der Waals surface area (Å²) < 4.78 is 26.9. The van der Waals surface area contributed by atoms with Crippen LogP contribution in [-0.2, 0) is 10.0 Å². The molecule has 8 heteroatoms. The van der Waals surface area contributed by atoms with E-state index < -0.39 is 10.0 Å². The number of sulfonamides is 1. The summed E-state index contributed by atoms with van der Waals surface area (Å²) in [4.78, 5) is 3.94. The first-order valence-corrected chi connectivity index (χ1v) is 9.51. The van der Waals surface area contributed by atoms with E-state index in [4.69, 9.17) is 18.0 Å². The number of hydrogen-bond acceptors (Lipinski definition) is 5. The van der Waals surface area contributed by atoms with Gasteiger partial charge in [0.2, 0.25) is 10.0 Å². The quantitative estimate of drug-likeness (QED) is 0.526. The lowest BCUT2D eigenvalue weighted by molar-refractivity contribution is 0.575. The number of unbranched alkanes of at least 4 members (excludes halogenated alkanes) is 2. The Kier molecular flexibility index (Phi) is 7.42. The van der Waals surface area contributed by atoms with Crippen molar-refractivity contribution in [1.29, 1.82) is 0 Å². The van der Waals surface area contributed by atoms with E-state index in [1.807, 2.05) is 0 Å². The third-order valence-corrected chi connectivity index (χ3v) is 4.99. The molecular weight excluding hydrogens is 314 g/mol. The lowest BCUT2D eigenvalue weighted by atomic mass is 10.2. The van der Waals surface area contributed by atoms with Crippen LogP contribution in [0.5, 0.6) is 0 Å². The number of nitrogens with zero attached hydrogens (tertiary/aromatic N) is 1. The zero-order chi connectivity index (χ0) is 15.0. The molecule has 0 amide bonds. The first kappa shape index (κ1) is 17.4. The first-order chi connectivity index (χ1) is 9.49. The normalized spacial score (nSPS) is 11.4. The molecule has 20 heavy (non-hydrogen) atoms. The van der Waals surface area contributed by atoms with Crippen molar-refractivity contribution in [3.05, 3.63) is 24.0 Å². The number of rotatable bonds is 9. The molecule has 0 aliphatic heterocycles. The summed E-state index contributed by atoms with van der Waals surface area (Å²) in [5, 5.41) is 0. The number of thiocarbonyl (C=S) groups is 1. The largest absolute Gasteiger partial charge is 0.388 e. The lowest BCUT2D eigenvalue weighted by Gasteiger charge is -2.09. The van der Waals surface area contributed by atoms with Crippen molar-refractivity contribution in [2.45, 2.75) is 24.2 Å². The van der Waals surface area contributed by atoms with Crippen molar-refractivity contribution in [2.75, 3.05) is 18.6 Å². The van der Waals surface area contributed by atoms with Crippen molar-refractivity contribution >= 4 is 39.0 Å². The molecule has 3 N–H and O–H groups in total. The van der Waals surface area contributed by atoms with Crippen LogP contribution in [0.4, 0.5) is 0 Å². The van der Waals surface area contributed by atoms with Crippen LogP contribution >= 0.6 is 24.0 Å². The van der Waals surface area contributed by atoms with E-state index in [1.54, 1.807) is 17.8 Å². The molecule has 0 spiro atoms. The Morgan fingerprint density at radius 3 is 2.85 bits per heavy atom. The van der Waals surface area contributed by atoms with Crippen LogP contribution in [-0.4, -0.2) is 36.9 Å². The number of thioether (sulfide) groups is 1. The van der Waals surface area contributed by atoms with Gasteiger partial charge in [0, 0.05) is 12.7 Å². The maximum absolute atomic E-state index is 12.2. The van der Waals surface area contributed by atoms with E-state index in [0.29, 0.717) is 6.54 Å². The minimum Gasteiger partial charge on any atom is -0.388 e. The van der Waals surface area contributed by atoms with Crippen LogP contribution in [0.15, 0.2) is 23.2 Å². The van der Waals surface area contributed by atoms with E-state index in [0.717, 1.165) is 25.0 Å². The Hall–Kier alpha value is -0.700. The van der Waals surface area contributed by atoms with Gasteiger partial charge in [0.1, 0.15) is 15.6 Å². The first-order valence-electron chi connectivity index (χ1n) is 6.22. The molecular formula is C12H19N3O2S3. The standard InChI is InChI=1S/C12H19N3O2S3/c1-19-9-4-2-3-8-15-20(16,17)10-6-5-7-14-11(10)12(13)18/h5-7,15H,2-4,8-9H2,1H3,(H2,13,18). The van der Waals surface area contributed by atoms with Crippen LogP contribution < -0.4 is 10.5 Å². The summed E-state index contributed by atoms with van der Waals surface area (Å²) >= 11 is 6.61. The van der Waals surface area contributed by atoms with Gasteiger partial charge in [0.15, 0.2) is 0 Å². The van der Waals surface area contributed by atoms with Crippen LogP contribution in [0.25, 0.3) is 0 Å². The molecule has 1 rings (SSSR count). The molecule has 0 aromatic carbocycles. The van der Waals surface area contributed by atoms with Crippen LogP contribution in [0.2, 0.25) is 0 Å². The number of nitrogens with two attached hydrogens (primary N) is 1. The molecule has 0 unspecified atom stereocenters. The molecule has 0 saturated carbocycles. The van der Waals surface area contributed by atoms with Crippen LogP contribution in [0.1, 0.15) is 25.0 Å². The van der Waals surface area contributed by atoms with Gasteiger partial charge in [-0.1, -0.05) is 18.6 Å². The topological polar surface area (TPSA) is 85.1 Å². The zero-order valence-corrected chi connectivity index (χ0v) is 13.8. The second kappa shape index (κ2) is 8.56. The van der Waals surface area contributed by atoms with E-state index >= 15 is 0 Å². The SMILES string of the molecule is CSCCCCCNS(=O)(=O)c1cccnc1C(N)=S. The van der Waals surface area contributed by atoms with E-state index in [9.17, 15) is 8.42 Å². The average Bonchev–Trinajstić information content (AvgIpc) is 2.42. The Morgan fingerprint density at radius 1 is 1.45 bits per heavy atom. The van der Waals surface area contributed by atoms with Crippen molar-refractivity contribution in [1.82, 2.24) is 9.71 Å². The van der Waals surface area contributed by atoms with Crippen LogP contribution in [0.3, 0.4) is 0 Å². The van der Waals surface area contributed by atoms with Gasteiger partial charge in [-0.25, -0.2) is 13.1 Å². The molecule has 5 nitrogen and oxygen atoms in total. The lowest BCUT2D eigenvalue weighted by Crippen LogP contribution is -2.28. The minimum atomic E-state index is -3.61. The molecule has 0 radical (unpaired) electrons. The summed E-state index contributed by atoms with van der Waals surface area (Å²) in [6.07, 6.45) is 6.42. The summed E-state index contributed by atoms with van der Waals surface area (Å²) in [6, 6.07) is 3.01. The molecule has 1 aromatic heterocycles. The number of hydrogen-bond donors (Lipinski definition) is 2. The third-order valence-electron chi connectivity index (χ3n) is 2.61. The predicted octanol–water partition coefficient (Wildman–Crippen LogP) is 1.53. The highest BCUT2D eigenvalue weighted by molar-refractivity contribution is 7.98. The van der Waals surface area contributed by atoms with Gasteiger partial charge in [-0.15, -0.1) is 0 Å². The van der Waals surface area contributed by atoms with Crippen molar-refractivity contribution in [3.8, 4) is 0 Å². The van der Waals surface area contributed by atoms with Gasteiger partial charge in [0.05, 0.1) is 0 Å². The van der Waals surface area contributed by atoms with Crippen molar-refractivity contribution in [2.24, 2.45) is 5.73 Å². The average molecular weight is 334 g/mol. The van der Waals surface area contributed by atoms with E-state index in [2.05, 4.69) is 16.0 Å². The number of nitrogens with one attached hydrogen (secondary N) is 1. The monoisotopic (exact) mass is 333 g/mol. The fourth-order valence-corrected chi connectivity index (χ4v) is 3.59. The summed E-state index contributed by atoms with van der Waals surface area (Å²) in [6.45, 7) is 0.405. The highest BCUT2D eigenvalue weighted by Crippen LogP contribution is 2.13. The fourth-order valence-electron chi connectivity index (χ4n) is 1.62. The maximum Gasteiger partial charge on any atom is 0.242 e.